The van der Waals surface area contributed by atoms with Gasteiger partial charge in [0.25, 0.3) is 11.1 Å². The second-order valence-corrected chi connectivity index (χ2v) is 7.71. The molecular weight excluding hydrogens is 364 g/mol. The minimum absolute atomic E-state index is 0.0943. The summed E-state index contributed by atoms with van der Waals surface area (Å²) in [7, 11) is 0. The Kier molecular flexibility index (Phi) is 5.70. The predicted octanol–water partition coefficient (Wildman–Crippen LogP) is 3.90. The number of esters is 1. The van der Waals surface area contributed by atoms with Crippen LogP contribution in [0.2, 0.25) is 0 Å². The van der Waals surface area contributed by atoms with Crippen LogP contribution in [0.4, 0.5) is 4.79 Å². The molecule has 1 fully saturated rings. The Labute approximate surface area is 162 Å². The molecule has 27 heavy (non-hydrogen) atoms. The Balaban J connectivity index is 1.95. The summed E-state index contributed by atoms with van der Waals surface area (Å²) in [6.07, 6.45) is 3.55. The van der Waals surface area contributed by atoms with Crippen LogP contribution in [0.25, 0.3) is 17.0 Å². The zero-order chi connectivity index (χ0) is 19.6. The third kappa shape index (κ3) is 4.08. The molecule has 1 aliphatic heterocycles. The number of rotatable bonds is 6. The van der Waals surface area contributed by atoms with E-state index in [1.165, 1.54) is 4.90 Å². The molecule has 0 spiro atoms. The molecule has 0 bridgehead atoms. The molecule has 1 aliphatic rings. The van der Waals surface area contributed by atoms with Crippen LogP contribution < -0.4 is 0 Å². The van der Waals surface area contributed by atoms with Gasteiger partial charge in [-0.2, -0.15) is 0 Å². The predicted molar refractivity (Wildman–Crippen MR) is 106 cm³/mol. The van der Waals surface area contributed by atoms with Gasteiger partial charge in [0.05, 0.1) is 11.5 Å². The summed E-state index contributed by atoms with van der Waals surface area (Å²) in [5.41, 5.74) is 1.67. The van der Waals surface area contributed by atoms with E-state index in [-0.39, 0.29) is 29.6 Å². The quantitative estimate of drug-likeness (QED) is 0.556. The van der Waals surface area contributed by atoms with Crippen molar-refractivity contribution in [3.05, 3.63) is 40.9 Å². The fourth-order valence-corrected chi connectivity index (χ4v) is 3.87. The van der Waals surface area contributed by atoms with Crippen LogP contribution in [0.3, 0.4) is 0 Å². The minimum atomic E-state index is -0.318. The molecule has 1 aromatic carbocycles. The third-order valence-electron chi connectivity index (χ3n) is 4.13. The SMILES string of the molecule is CCOC(=O)Cn1cc(/C=C2\SC(=O)N(CC(C)C)C2=O)c2ccccc21. The maximum absolute atomic E-state index is 12.6. The normalized spacial score (nSPS) is 16.1. The number of thioether (sulfide) groups is 1. The molecule has 2 heterocycles. The molecule has 0 radical (unpaired) electrons. The second-order valence-electron chi connectivity index (χ2n) is 6.72. The highest BCUT2D eigenvalue weighted by atomic mass is 32.2. The Hall–Kier alpha value is -2.54. The fourth-order valence-electron chi connectivity index (χ4n) is 3.03. The lowest BCUT2D eigenvalue weighted by atomic mass is 10.1. The van der Waals surface area contributed by atoms with Crippen molar-refractivity contribution < 1.29 is 19.1 Å². The number of aromatic nitrogens is 1. The summed E-state index contributed by atoms with van der Waals surface area (Å²) in [4.78, 5) is 38.3. The van der Waals surface area contributed by atoms with Crippen molar-refractivity contribution in [2.45, 2.75) is 27.3 Å². The summed E-state index contributed by atoms with van der Waals surface area (Å²) in [6, 6.07) is 7.64. The Morgan fingerprint density at radius 1 is 1.26 bits per heavy atom. The van der Waals surface area contributed by atoms with E-state index in [1.54, 1.807) is 17.6 Å². The average Bonchev–Trinajstić information content (AvgIpc) is 3.08. The third-order valence-corrected chi connectivity index (χ3v) is 5.04. The molecule has 0 aliphatic carbocycles. The van der Waals surface area contributed by atoms with Crippen LogP contribution in [0, 0.1) is 5.92 Å². The maximum Gasteiger partial charge on any atom is 0.325 e. The van der Waals surface area contributed by atoms with E-state index in [4.69, 9.17) is 4.74 Å². The number of fused-ring (bicyclic) bond motifs is 1. The first-order valence-electron chi connectivity index (χ1n) is 8.89. The molecular formula is C20H22N2O4S. The van der Waals surface area contributed by atoms with Crippen molar-refractivity contribution >= 4 is 45.9 Å². The number of hydrogen-bond donors (Lipinski definition) is 0. The number of para-hydroxylation sites is 1. The van der Waals surface area contributed by atoms with E-state index in [0.29, 0.717) is 18.1 Å². The smallest absolute Gasteiger partial charge is 0.325 e. The van der Waals surface area contributed by atoms with E-state index in [0.717, 1.165) is 28.2 Å². The van der Waals surface area contributed by atoms with Gasteiger partial charge in [0, 0.05) is 29.2 Å². The lowest BCUT2D eigenvalue weighted by Crippen LogP contribution is -2.31. The summed E-state index contributed by atoms with van der Waals surface area (Å²) < 4.78 is 6.84. The number of imide groups is 1. The van der Waals surface area contributed by atoms with E-state index in [1.807, 2.05) is 44.3 Å². The van der Waals surface area contributed by atoms with E-state index in [2.05, 4.69) is 0 Å². The van der Waals surface area contributed by atoms with Gasteiger partial charge in [-0.25, -0.2) is 0 Å². The number of benzene rings is 1. The lowest BCUT2D eigenvalue weighted by Gasteiger charge is -2.14. The van der Waals surface area contributed by atoms with Gasteiger partial charge in [-0.1, -0.05) is 32.0 Å². The summed E-state index contributed by atoms with van der Waals surface area (Å²) >= 11 is 0.956. The number of carbonyl (C=O) groups is 3. The second kappa shape index (κ2) is 8.00. The first-order valence-corrected chi connectivity index (χ1v) is 9.71. The van der Waals surface area contributed by atoms with E-state index >= 15 is 0 Å². The number of carbonyl (C=O) groups excluding carboxylic acids is 3. The minimum Gasteiger partial charge on any atom is -0.465 e. The molecule has 0 atom stereocenters. The molecule has 142 valence electrons. The first-order chi connectivity index (χ1) is 12.9. The topological polar surface area (TPSA) is 68.6 Å². The first kappa shape index (κ1) is 19.2. The van der Waals surface area contributed by atoms with Crippen molar-refractivity contribution in [1.29, 1.82) is 0 Å². The molecule has 0 unspecified atom stereocenters. The zero-order valence-electron chi connectivity index (χ0n) is 15.6. The van der Waals surface area contributed by atoms with Gasteiger partial charge < -0.3 is 9.30 Å². The molecule has 2 amide bonds. The number of ether oxygens (including phenoxy) is 1. The fraction of sp³-hybridized carbons (Fsp3) is 0.350. The van der Waals surface area contributed by atoms with Crippen molar-refractivity contribution in [1.82, 2.24) is 9.47 Å². The van der Waals surface area contributed by atoms with Gasteiger partial charge in [-0.3, -0.25) is 19.3 Å². The monoisotopic (exact) mass is 386 g/mol. The van der Waals surface area contributed by atoms with Crippen LogP contribution in [0.15, 0.2) is 35.4 Å². The van der Waals surface area contributed by atoms with Gasteiger partial charge in [-0.05, 0) is 36.7 Å². The van der Waals surface area contributed by atoms with Gasteiger partial charge in [0.1, 0.15) is 6.54 Å². The standard InChI is InChI=1S/C20H22N2O4S/c1-4-26-18(23)12-21-11-14(15-7-5-6-8-16(15)21)9-17-19(24)22(10-13(2)3)20(25)27-17/h5-9,11,13H,4,10,12H2,1-3H3/b17-9-. The maximum atomic E-state index is 12.6. The van der Waals surface area contributed by atoms with E-state index < -0.39 is 0 Å². The highest BCUT2D eigenvalue weighted by molar-refractivity contribution is 8.18. The number of amides is 2. The Bertz CT molecular complexity index is 929. The van der Waals surface area contributed by atoms with Crippen LogP contribution in [0.1, 0.15) is 26.3 Å². The van der Waals surface area contributed by atoms with Gasteiger partial charge in [0.15, 0.2) is 0 Å². The van der Waals surface area contributed by atoms with Crippen molar-refractivity contribution in [2.24, 2.45) is 5.92 Å². The molecule has 1 aromatic heterocycles. The van der Waals surface area contributed by atoms with Gasteiger partial charge >= 0.3 is 5.97 Å². The van der Waals surface area contributed by atoms with Crippen molar-refractivity contribution in [3.8, 4) is 0 Å². The van der Waals surface area contributed by atoms with Gasteiger partial charge in [-0.15, -0.1) is 0 Å². The average molecular weight is 386 g/mol. The van der Waals surface area contributed by atoms with Gasteiger partial charge in [0.2, 0.25) is 0 Å². The van der Waals surface area contributed by atoms with Crippen molar-refractivity contribution in [3.63, 3.8) is 0 Å². The van der Waals surface area contributed by atoms with Crippen molar-refractivity contribution in [2.75, 3.05) is 13.2 Å². The Morgan fingerprint density at radius 3 is 2.70 bits per heavy atom. The molecule has 0 N–H and O–H groups in total. The highest BCUT2D eigenvalue weighted by Crippen LogP contribution is 2.34. The largest absolute Gasteiger partial charge is 0.465 e. The molecule has 3 rings (SSSR count). The van der Waals surface area contributed by atoms with Crippen LogP contribution in [0.5, 0.6) is 0 Å². The summed E-state index contributed by atoms with van der Waals surface area (Å²) in [6.45, 7) is 6.54. The summed E-state index contributed by atoms with van der Waals surface area (Å²) in [5, 5.41) is 0.674. The molecule has 2 aromatic rings. The van der Waals surface area contributed by atoms with Crippen LogP contribution in [-0.4, -0.2) is 39.7 Å². The van der Waals surface area contributed by atoms with Crippen LogP contribution in [-0.2, 0) is 20.9 Å². The number of nitrogens with zero attached hydrogens (tertiary/aromatic N) is 2. The van der Waals surface area contributed by atoms with E-state index in [9.17, 15) is 14.4 Å². The summed E-state index contributed by atoms with van der Waals surface area (Å²) in [5.74, 6) is -0.368. The molecule has 6 nitrogen and oxygen atoms in total. The van der Waals surface area contributed by atoms with Crippen LogP contribution >= 0.6 is 11.8 Å². The number of hydrogen-bond acceptors (Lipinski definition) is 5. The zero-order valence-corrected chi connectivity index (χ0v) is 16.4. The molecule has 0 saturated carbocycles. The Morgan fingerprint density at radius 2 is 2.00 bits per heavy atom. The molecule has 1 saturated heterocycles. The lowest BCUT2D eigenvalue weighted by molar-refractivity contribution is -0.143. The highest BCUT2D eigenvalue weighted by Gasteiger charge is 2.35. The molecule has 7 heteroatoms.